The van der Waals surface area contributed by atoms with Crippen molar-refractivity contribution in [2.75, 3.05) is 31.2 Å². The maximum Gasteiger partial charge on any atom is 0.298 e. The Labute approximate surface area is 81.2 Å². The van der Waals surface area contributed by atoms with Crippen LogP contribution in [0.5, 0.6) is 0 Å². The van der Waals surface area contributed by atoms with Crippen LogP contribution in [-0.2, 0) is 4.74 Å². The summed E-state index contributed by atoms with van der Waals surface area (Å²) < 4.78 is 10.4. The summed E-state index contributed by atoms with van der Waals surface area (Å²) in [6.45, 7) is 2.88. The van der Waals surface area contributed by atoms with Crippen LogP contribution in [-0.4, -0.2) is 37.1 Å². The van der Waals surface area contributed by atoms with Crippen LogP contribution in [0.4, 0.5) is 6.01 Å². The van der Waals surface area contributed by atoms with Gasteiger partial charge in [0.05, 0.1) is 13.2 Å². The van der Waals surface area contributed by atoms with Gasteiger partial charge < -0.3 is 19.8 Å². The second-order valence-corrected chi connectivity index (χ2v) is 3.03. The molecule has 0 saturated carbocycles. The summed E-state index contributed by atoms with van der Waals surface area (Å²) in [5.74, 6) is -0.0757. The Morgan fingerprint density at radius 2 is 2.21 bits per heavy atom. The number of hydrogen-bond acceptors (Lipinski definition) is 5. The fourth-order valence-electron chi connectivity index (χ4n) is 1.29. The zero-order valence-corrected chi connectivity index (χ0v) is 7.69. The lowest BCUT2D eigenvalue weighted by atomic mass is 10.4. The summed E-state index contributed by atoms with van der Waals surface area (Å²) in [4.78, 5) is 6.06. The Bertz CT molecular complexity index is 330. The molecule has 0 atom stereocenters. The number of nitrogens with two attached hydrogens (primary N) is 1. The number of aromatic nitrogens is 1. The maximum absolute atomic E-state index is 7.17. The third kappa shape index (κ3) is 1.69. The molecule has 1 aromatic rings. The molecule has 2 rings (SSSR count). The van der Waals surface area contributed by atoms with Crippen molar-refractivity contribution in [2.45, 2.75) is 0 Å². The highest BCUT2D eigenvalue weighted by atomic mass is 16.5. The van der Waals surface area contributed by atoms with Gasteiger partial charge in [0.15, 0.2) is 0 Å². The average molecular weight is 196 g/mol. The molecule has 2 heterocycles. The molecule has 0 aliphatic carbocycles. The molecule has 3 N–H and O–H groups in total. The van der Waals surface area contributed by atoms with Gasteiger partial charge in [-0.15, -0.1) is 0 Å². The van der Waals surface area contributed by atoms with Crippen molar-refractivity contribution in [3.8, 4) is 0 Å². The first-order valence-corrected chi connectivity index (χ1v) is 4.40. The van der Waals surface area contributed by atoms with Crippen molar-refractivity contribution >= 4 is 11.9 Å². The van der Waals surface area contributed by atoms with Gasteiger partial charge in [0.2, 0.25) is 0 Å². The number of anilines is 1. The fourth-order valence-corrected chi connectivity index (χ4v) is 1.29. The number of morpholine rings is 1. The topological polar surface area (TPSA) is 88.4 Å². The number of ether oxygens (including phenoxy) is 1. The first kappa shape index (κ1) is 9.01. The van der Waals surface area contributed by atoms with Crippen molar-refractivity contribution in [3.05, 3.63) is 12.0 Å². The van der Waals surface area contributed by atoms with E-state index in [1.54, 1.807) is 0 Å². The Hall–Kier alpha value is -1.56. The molecule has 0 aromatic carbocycles. The molecule has 6 nitrogen and oxygen atoms in total. The van der Waals surface area contributed by atoms with E-state index in [1.165, 1.54) is 6.26 Å². The Morgan fingerprint density at radius 3 is 2.79 bits per heavy atom. The highest BCUT2D eigenvalue weighted by molar-refractivity contribution is 5.92. The Morgan fingerprint density at radius 1 is 1.50 bits per heavy atom. The standard InChI is InChI=1S/C8H12N4O2/c9-7(10)6-5-14-8(11-6)12-1-3-13-4-2-12/h5H,1-4H2,(H3,9,10). The largest absolute Gasteiger partial charge is 0.431 e. The van der Waals surface area contributed by atoms with Crippen molar-refractivity contribution in [2.24, 2.45) is 5.73 Å². The second kappa shape index (κ2) is 3.67. The van der Waals surface area contributed by atoms with Gasteiger partial charge in [0, 0.05) is 13.1 Å². The third-order valence-electron chi connectivity index (χ3n) is 2.05. The number of amidine groups is 1. The lowest BCUT2D eigenvalue weighted by Crippen LogP contribution is -2.36. The number of oxazole rings is 1. The summed E-state index contributed by atoms with van der Waals surface area (Å²) in [6.07, 6.45) is 1.40. The highest BCUT2D eigenvalue weighted by Gasteiger charge is 2.16. The molecule has 76 valence electrons. The van der Waals surface area contributed by atoms with Crippen molar-refractivity contribution < 1.29 is 9.15 Å². The van der Waals surface area contributed by atoms with Crippen molar-refractivity contribution in [3.63, 3.8) is 0 Å². The Balaban J connectivity index is 2.11. The minimum absolute atomic E-state index is 0.0757. The smallest absolute Gasteiger partial charge is 0.298 e. The van der Waals surface area contributed by atoms with E-state index >= 15 is 0 Å². The van der Waals surface area contributed by atoms with Crippen LogP contribution in [0, 0.1) is 5.41 Å². The molecule has 1 aliphatic heterocycles. The van der Waals surface area contributed by atoms with E-state index in [-0.39, 0.29) is 5.84 Å². The van der Waals surface area contributed by atoms with Crippen LogP contribution in [0.25, 0.3) is 0 Å². The van der Waals surface area contributed by atoms with Crippen molar-refractivity contribution in [1.29, 1.82) is 5.41 Å². The first-order chi connectivity index (χ1) is 6.77. The van der Waals surface area contributed by atoms with E-state index in [9.17, 15) is 0 Å². The minimum Gasteiger partial charge on any atom is -0.431 e. The third-order valence-corrected chi connectivity index (χ3v) is 2.05. The minimum atomic E-state index is -0.0757. The molecule has 14 heavy (non-hydrogen) atoms. The molecular formula is C8H12N4O2. The lowest BCUT2D eigenvalue weighted by molar-refractivity contribution is 0.120. The van der Waals surface area contributed by atoms with Crippen LogP contribution in [0.15, 0.2) is 10.7 Å². The average Bonchev–Trinajstić information content (AvgIpc) is 2.68. The number of rotatable bonds is 2. The van der Waals surface area contributed by atoms with Crippen LogP contribution >= 0.6 is 0 Å². The number of hydrogen-bond donors (Lipinski definition) is 2. The summed E-state index contributed by atoms with van der Waals surface area (Å²) >= 11 is 0. The first-order valence-electron chi connectivity index (χ1n) is 4.40. The monoisotopic (exact) mass is 196 g/mol. The quantitative estimate of drug-likeness (QED) is 0.505. The van der Waals surface area contributed by atoms with E-state index in [1.807, 2.05) is 4.90 Å². The summed E-state index contributed by atoms with van der Waals surface area (Å²) in [6, 6.07) is 0.512. The maximum atomic E-state index is 7.17. The normalized spacial score (nSPS) is 17.0. The van der Waals surface area contributed by atoms with Gasteiger partial charge in [-0.1, -0.05) is 0 Å². The fraction of sp³-hybridized carbons (Fsp3) is 0.500. The second-order valence-electron chi connectivity index (χ2n) is 3.03. The summed E-state index contributed by atoms with van der Waals surface area (Å²) in [7, 11) is 0. The van der Waals surface area contributed by atoms with Crippen LogP contribution in [0.2, 0.25) is 0 Å². The highest BCUT2D eigenvalue weighted by Crippen LogP contribution is 2.14. The molecule has 0 radical (unpaired) electrons. The lowest BCUT2D eigenvalue weighted by Gasteiger charge is -2.24. The van der Waals surface area contributed by atoms with Gasteiger partial charge in [-0.3, -0.25) is 5.41 Å². The van der Waals surface area contributed by atoms with E-state index in [0.29, 0.717) is 24.9 Å². The van der Waals surface area contributed by atoms with E-state index < -0.39 is 0 Å². The number of nitrogens with zero attached hydrogens (tertiary/aromatic N) is 2. The molecule has 1 aliphatic rings. The van der Waals surface area contributed by atoms with Gasteiger partial charge in [0.25, 0.3) is 6.01 Å². The van der Waals surface area contributed by atoms with Crippen LogP contribution in [0.1, 0.15) is 5.69 Å². The molecule has 1 aromatic heterocycles. The molecule has 0 bridgehead atoms. The summed E-state index contributed by atoms with van der Waals surface area (Å²) in [5.41, 5.74) is 5.66. The zero-order chi connectivity index (χ0) is 9.97. The molecule has 1 fully saturated rings. The van der Waals surface area contributed by atoms with Gasteiger partial charge in [0.1, 0.15) is 17.8 Å². The molecule has 6 heteroatoms. The van der Waals surface area contributed by atoms with Gasteiger partial charge in [-0.25, -0.2) is 0 Å². The predicted octanol–water partition coefficient (Wildman–Crippen LogP) is -0.205. The van der Waals surface area contributed by atoms with E-state index in [0.717, 1.165) is 13.1 Å². The van der Waals surface area contributed by atoms with E-state index in [2.05, 4.69) is 4.98 Å². The number of nitrogen functional groups attached to an aromatic ring is 1. The predicted molar refractivity (Wildman–Crippen MR) is 50.6 cm³/mol. The SMILES string of the molecule is N=C(N)c1coc(N2CCOCC2)n1. The zero-order valence-electron chi connectivity index (χ0n) is 7.69. The van der Waals surface area contributed by atoms with Gasteiger partial charge >= 0.3 is 0 Å². The van der Waals surface area contributed by atoms with Gasteiger partial charge in [-0.2, -0.15) is 4.98 Å². The number of nitrogens with one attached hydrogen (secondary N) is 1. The van der Waals surface area contributed by atoms with Crippen LogP contribution < -0.4 is 10.6 Å². The molecule has 1 saturated heterocycles. The molecule has 0 unspecified atom stereocenters. The molecule has 0 spiro atoms. The Kier molecular flexibility index (Phi) is 2.36. The summed E-state index contributed by atoms with van der Waals surface area (Å²) in [5, 5.41) is 7.17. The van der Waals surface area contributed by atoms with Crippen LogP contribution in [0.3, 0.4) is 0 Å². The van der Waals surface area contributed by atoms with E-state index in [4.69, 9.17) is 20.3 Å². The van der Waals surface area contributed by atoms with Gasteiger partial charge in [-0.05, 0) is 0 Å². The molecule has 0 amide bonds. The van der Waals surface area contributed by atoms with Crippen molar-refractivity contribution in [1.82, 2.24) is 4.98 Å². The molecular weight excluding hydrogens is 184 g/mol.